The van der Waals surface area contributed by atoms with E-state index in [1.165, 1.54) is 11.1 Å². The Kier molecular flexibility index (Phi) is 9.01. The maximum absolute atomic E-state index is 11.8. The minimum atomic E-state index is 0. The maximum Gasteiger partial charge on any atom is 0.222 e. The third-order valence-corrected chi connectivity index (χ3v) is 5.76. The van der Waals surface area contributed by atoms with Crippen molar-refractivity contribution in [3.63, 3.8) is 0 Å². The van der Waals surface area contributed by atoms with E-state index in [9.17, 15) is 4.79 Å². The zero-order valence-corrected chi connectivity index (χ0v) is 19.6. The van der Waals surface area contributed by atoms with E-state index in [1.54, 1.807) is 7.05 Å². The SMILES string of the molecule is CCC(=O)N1CCC(NC(=NC)NCC(C)N2CCc3ccccc3C2)C1.I. The first-order valence-electron chi connectivity index (χ1n) is 10.2. The molecule has 2 N–H and O–H groups in total. The third kappa shape index (κ3) is 5.83. The number of halogens is 1. The lowest BCUT2D eigenvalue weighted by Gasteiger charge is -2.34. The number of hydrogen-bond acceptors (Lipinski definition) is 3. The van der Waals surface area contributed by atoms with E-state index in [4.69, 9.17) is 0 Å². The molecule has 2 heterocycles. The molecule has 7 heteroatoms. The Bertz CT molecular complexity index is 681. The highest BCUT2D eigenvalue weighted by Gasteiger charge is 2.26. The van der Waals surface area contributed by atoms with Gasteiger partial charge < -0.3 is 15.5 Å². The maximum atomic E-state index is 11.8. The second-order valence-corrected chi connectivity index (χ2v) is 7.61. The summed E-state index contributed by atoms with van der Waals surface area (Å²) in [6.45, 7) is 8.77. The van der Waals surface area contributed by atoms with Crippen molar-refractivity contribution in [3.05, 3.63) is 35.4 Å². The van der Waals surface area contributed by atoms with Gasteiger partial charge in [-0.25, -0.2) is 0 Å². The monoisotopic (exact) mass is 499 g/mol. The molecule has 0 saturated carbocycles. The zero-order valence-electron chi connectivity index (χ0n) is 17.3. The van der Waals surface area contributed by atoms with Gasteiger partial charge in [0.2, 0.25) is 5.91 Å². The number of nitrogens with zero attached hydrogens (tertiary/aromatic N) is 3. The molecular weight excluding hydrogens is 465 g/mol. The Labute approximate surface area is 186 Å². The van der Waals surface area contributed by atoms with Gasteiger partial charge in [-0.3, -0.25) is 14.7 Å². The fraction of sp³-hybridized carbons (Fsp3) is 0.619. The first-order valence-corrected chi connectivity index (χ1v) is 10.2. The molecule has 1 aromatic carbocycles. The van der Waals surface area contributed by atoms with Crippen molar-refractivity contribution in [2.24, 2.45) is 4.99 Å². The van der Waals surface area contributed by atoms with E-state index < -0.39 is 0 Å². The molecule has 0 radical (unpaired) electrons. The number of carbonyl (C=O) groups excluding carboxylic acids is 1. The molecule has 2 aliphatic heterocycles. The molecule has 0 spiro atoms. The number of likely N-dealkylation sites (tertiary alicyclic amines) is 1. The second kappa shape index (κ2) is 11.0. The molecule has 0 bridgehead atoms. The quantitative estimate of drug-likeness (QED) is 0.371. The molecular formula is C21H34IN5O. The van der Waals surface area contributed by atoms with Crippen molar-refractivity contribution >= 4 is 35.8 Å². The summed E-state index contributed by atoms with van der Waals surface area (Å²) >= 11 is 0. The summed E-state index contributed by atoms with van der Waals surface area (Å²) in [7, 11) is 1.81. The number of rotatable bonds is 5. The van der Waals surface area contributed by atoms with E-state index in [0.717, 1.165) is 51.5 Å². The lowest BCUT2D eigenvalue weighted by molar-refractivity contribution is -0.129. The Hall–Kier alpha value is -1.35. The lowest BCUT2D eigenvalue weighted by Crippen LogP contribution is -2.49. The minimum Gasteiger partial charge on any atom is -0.355 e. The molecule has 1 fully saturated rings. The highest BCUT2D eigenvalue weighted by Crippen LogP contribution is 2.20. The van der Waals surface area contributed by atoms with Gasteiger partial charge >= 0.3 is 0 Å². The third-order valence-electron chi connectivity index (χ3n) is 5.76. The second-order valence-electron chi connectivity index (χ2n) is 7.61. The van der Waals surface area contributed by atoms with Gasteiger partial charge in [0.15, 0.2) is 5.96 Å². The van der Waals surface area contributed by atoms with Crippen LogP contribution in [0.4, 0.5) is 0 Å². The van der Waals surface area contributed by atoms with E-state index in [0.29, 0.717) is 12.5 Å². The fourth-order valence-electron chi connectivity index (χ4n) is 3.98. The van der Waals surface area contributed by atoms with Crippen LogP contribution in [0, 0.1) is 0 Å². The van der Waals surface area contributed by atoms with Gasteiger partial charge in [0.05, 0.1) is 0 Å². The van der Waals surface area contributed by atoms with Crippen LogP contribution in [0.2, 0.25) is 0 Å². The van der Waals surface area contributed by atoms with Gasteiger partial charge in [-0.2, -0.15) is 0 Å². The van der Waals surface area contributed by atoms with Crippen LogP contribution in [-0.4, -0.2) is 67.0 Å². The average molecular weight is 499 g/mol. The van der Waals surface area contributed by atoms with Crippen molar-refractivity contribution in [1.29, 1.82) is 0 Å². The molecule has 1 amide bonds. The van der Waals surface area contributed by atoms with Crippen LogP contribution in [0.15, 0.2) is 29.3 Å². The summed E-state index contributed by atoms with van der Waals surface area (Å²) in [5, 5.41) is 6.94. The van der Waals surface area contributed by atoms with Crippen molar-refractivity contribution in [2.75, 3.05) is 33.2 Å². The molecule has 0 aliphatic carbocycles. The van der Waals surface area contributed by atoms with E-state index in [2.05, 4.69) is 51.7 Å². The van der Waals surface area contributed by atoms with Crippen molar-refractivity contribution in [2.45, 2.75) is 51.7 Å². The summed E-state index contributed by atoms with van der Waals surface area (Å²) in [5.41, 5.74) is 2.93. The topological polar surface area (TPSA) is 60.0 Å². The zero-order chi connectivity index (χ0) is 19.2. The van der Waals surface area contributed by atoms with Gasteiger partial charge in [0.25, 0.3) is 0 Å². The molecule has 2 atom stereocenters. The molecule has 2 unspecified atom stereocenters. The minimum absolute atomic E-state index is 0. The standard InChI is InChI=1S/C21H33N5O.HI/c1-4-20(27)26-12-10-19(15-26)24-21(22-3)23-13-16(2)25-11-9-17-7-5-6-8-18(17)14-25;/h5-8,16,19H,4,9-15H2,1-3H3,(H2,22,23,24);1H. The van der Waals surface area contributed by atoms with Crippen LogP contribution in [0.25, 0.3) is 0 Å². The number of fused-ring (bicyclic) bond motifs is 1. The summed E-state index contributed by atoms with van der Waals surface area (Å²) in [4.78, 5) is 20.7. The van der Waals surface area contributed by atoms with Gasteiger partial charge in [0.1, 0.15) is 0 Å². The highest BCUT2D eigenvalue weighted by atomic mass is 127. The van der Waals surface area contributed by atoms with Crippen LogP contribution < -0.4 is 10.6 Å². The molecule has 2 aliphatic rings. The Balaban J connectivity index is 0.00000280. The number of nitrogens with one attached hydrogen (secondary N) is 2. The molecule has 3 rings (SSSR count). The van der Waals surface area contributed by atoms with Gasteiger partial charge in [-0.1, -0.05) is 31.2 Å². The van der Waals surface area contributed by atoms with E-state index >= 15 is 0 Å². The number of hydrogen-bond donors (Lipinski definition) is 2. The summed E-state index contributed by atoms with van der Waals surface area (Å²) in [6.07, 6.45) is 2.68. The number of amides is 1. The molecule has 0 aromatic heterocycles. The van der Waals surface area contributed by atoms with Gasteiger partial charge in [-0.05, 0) is 30.9 Å². The van der Waals surface area contributed by atoms with Crippen LogP contribution in [-0.2, 0) is 17.8 Å². The Morgan fingerprint density at radius 3 is 2.75 bits per heavy atom. The largest absolute Gasteiger partial charge is 0.355 e. The van der Waals surface area contributed by atoms with Gasteiger partial charge in [-0.15, -0.1) is 24.0 Å². The molecule has 6 nitrogen and oxygen atoms in total. The first-order chi connectivity index (χ1) is 13.1. The molecule has 1 saturated heterocycles. The van der Waals surface area contributed by atoms with E-state index in [-0.39, 0.29) is 35.9 Å². The normalized spacial score (nSPS) is 20.9. The average Bonchev–Trinajstić information content (AvgIpc) is 3.18. The fourth-order valence-corrected chi connectivity index (χ4v) is 3.98. The number of guanidine groups is 1. The van der Waals surface area contributed by atoms with Crippen molar-refractivity contribution in [1.82, 2.24) is 20.4 Å². The van der Waals surface area contributed by atoms with Crippen LogP contribution in [0.5, 0.6) is 0 Å². The molecule has 1 aromatic rings. The van der Waals surface area contributed by atoms with Gasteiger partial charge in [0, 0.05) is 58.3 Å². The molecule has 28 heavy (non-hydrogen) atoms. The summed E-state index contributed by atoms with van der Waals surface area (Å²) < 4.78 is 0. The first kappa shape index (κ1) is 22.9. The number of benzene rings is 1. The number of carbonyl (C=O) groups is 1. The van der Waals surface area contributed by atoms with Crippen LogP contribution in [0.3, 0.4) is 0 Å². The van der Waals surface area contributed by atoms with E-state index in [1.807, 2.05) is 11.8 Å². The predicted molar refractivity (Wildman–Crippen MR) is 125 cm³/mol. The summed E-state index contributed by atoms with van der Waals surface area (Å²) in [6, 6.07) is 9.46. The highest BCUT2D eigenvalue weighted by molar-refractivity contribution is 14.0. The molecule has 156 valence electrons. The van der Waals surface area contributed by atoms with Crippen molar-refractivity contribution < 1.29 is 4.79 Å². The lowest BCUT2D eigenvalue weighted by atomic mass is 9.99. The Morgan fingerprint density at radius 1 is 1.29 bits per heavy atom. The smallest absolute Gasteiger partial charge is 0.222 e. The number of aliphatic imine (C=N–C) groups is 1. The van der Waals surface area contributed by atoms with Crippen LogP contribution in [0.1, 0.15) is 37.8 Å². The Morgan fingerprint density at radius 2 is 2.04 bits per heavy atom. The predicted octanol–water partition coefficient (Wildman–Crippen LogP) is 2.23. The van der Waals surface area contributed by atoms with Crippen molar-refractivity contribution in [3.8, 4) is 0 Å². The van der Waals surface area contributed by atoms with Crippen LogP contribution >= 0.6 is 24.0 Å². The summed E-state index contributed by atoms with van der Waals surface area (Å²) in [5.74, 6) is 1.07.